The van der Waals surface area contributed by atoms with Crippen LogP contribution in [0.2, 0.25) is 0 Å². The number of ether oxygens (including phenoxy) is 2. The van der Waals surface area contributed by atoms with Gasteiger partial charge < -0.3 is 19.7 Å². The number of benzene rings is 1. The average Bonchev–Trinajstić information content (AvgIpc) is 2.47. The second-order valence-corrected chi connectivity index (χ2v) is 6.58. The lowest BCUT2D eigenvalue weighted by Gasteiger charge is -2.34. The molecule has 5 heteroatoms. The van der Waals surface area contributed by atoms with Crippen molar-refractivity contribution in [2.75, 3.05) is 26.2 Å². The molecule has 1 amide bonds. The molecule has 2 rings (SSSR count). The number of rotatable bonds is 4. The third-order valence-corrected chi connectivity index (χ3v) is 3.34. The highest BCUT2D eigenvalue weighted by Gasteiger charge is 2.27. The van der Waals surface area contributed by atoms with Crippen molar-refractivity contribution in [3.8, 4) is 0 Å². The fourth-order valence-electron chi connectivity index (χ4n) is 2.32. The molecular formula is C17H26N2O3. The molecule has 1 aliphatic rings. The van der Waals surface area contributed by atoms with Crippen molar-refractivity contribution in [1.29, 1.82) is 0 Å². The maximum absolute atomic E-state index is 12.1. The van der Waals surface area contributed by atoms with E-state index in [1.54, 1.807) is 4.90 Å². The van der Waals surface area contributed by atoms with Crippen molar-refractivity contribution in [3.05, 3.63) is 35.9 Å². The monoisotopic (exact) mass is 306 g/mol. The molecule has 1 heterocycles. The lowest BCUT2D eigenvalue weighted by atomic mass is 10.2. The quantitative estimate of drug-likeness (QED) is 0.928. The molecule has 1 saturated heterocycles. The molecule has 0 aromatic heterocycles. The van der Waals surface area contributed by atoms with Gasteiger partial charge in [-0.05, 0) is 26.3 Å². The fraction of sp³-hybridized carbons (Fsp3) is 0.588. The maximum Gasteiger partial charge on any atom is 0.410 e. The van der Waals surface area contributed by atoms with E-state index in [0.29, 0.717) is 26.3 Å². The van der Waals surface area contributed by atoms with Crippen LogP contribution in [-0.2, 0) is 16.1 Å². The molecule has 1 aliphatic heterocycles. The third kappa shape index (κ3) is 5.66. The number of piperazine rings is 1. The smallest absolute Gasteiger partial charge is 0.410 e. The molecule has 1 aromatic carbocycles. The highest BCUT2D eigenvalue weighted by molar-refractivity contribution is 5.68. The van der Waals surface area contributed by atoms with Gasteiger partial charge in [-0.3, -0.25) is 0 Å². The van der Waals surface area contributed by atoms with Gasteiger partial charge in [0.15, 0.2) is 0 Å². The average molecular weight is 306 g/mol. The Morgan fingerprint density at radius 2 is 2.05 bits per heavy atom. The first-order chi connectivity index (χ1) is 10.4. The Kier molecular flexibility index (Phi) is 5.80. The Bertz CT molecular complexity index is 471. The first kappa shape index (κ1) is 16.8. The van der Waals surface area contributed by atoms with Crippen LogP contribution in [0.4, 0.5) is 4.79 Å². The van der Waals surface area contributed by atoms with Gasteiger partial charge >= 0.3 is 6.09 Å². The Balaban J connectivity index is 1.75. The number of nitrogens with one attached hydrogen (secondary N) is 1. The van der Waals surface area contributed by atoms with Crippen molar-refractivity contribution < 1.29 is 14.3 Å². The van der Waals surface area contributed by atoms with Gasteiger partial charge in [-0.15, -0.1) is 0 Å². The van der Waals surface area contributed by atoms with Crippen LogP contribution in [0, 0.1) is 0 Å². The molecule has 1 N–H and O–H groups in total. The summed E-state index contributed by atoms with van der Waals surface area (Å²) in [6, 6.07) is 10.2. The zero-order valence-corrected chi connectivity index (χ0v) is 13.7. The summed E-state index contributed by atoms with van der Waals surface area (Å²) in [7, 11) is 0. The summed E-state index contributed by atoms with van der Waals surface area (Å²) in [6.07, 6.45) is -0.248. The van der Waals surface area contributed by atoms with Crippen LogP contribution >= 0.6 is 0 Å². The van der Waals surface area contributed by atoms with Crippen LogP contribution in [0.1, 0.15) is 26.3 Å². The molecule has 1 fully saturated rings. The predicted molar refractivity (Wildman–Crippen MR) is 85.7 cm³/mol. The Morgan fingerprint density at radius 3 is 2.73 bits per heavy atom. The summed E-state index contributed by atoms with van der Waals surface area (Å²) < 4.78 is 11.2. The van der Waals surface area contributed by atoms with E-state index in [-0.39, 0.29) is 12.1 Å². The van der Waals surface area contributed by atoms with Crippen molar-refractivity contribution in [2.45, 2.75) is 39.0 Å². The normalized spacial score (nSPS) is 19.0. The first-order valence-corrected chi connectivity index (χ1v) is 7.77. The van der Waals surface area contributed by atoms with E-state index in [2.05, 4.69) is 5.32 Å². The molecule has 0 bridgehead atoms. The van der Waals surface area contributed by atoms with Crippen LogP contribution in [0.25, 0.3) is 0 Å². The molecule has 0 saturated carbocycles. The van der Waals surface area contributed by atoms with Crippen molar-refractivity contribution in [1.82, 2.24) is 10.2 Å². The molecule has 0 radical (unpaired) electrons. The van der Waals surface area contributed by atoms with E-state index >= 15 is 0 Å². The molecule has 0 aliphatic carbocycles. The predicted octanol–water partition coefficient (Wildman–Crippen LogP) is 2.41. The first-order valence-electron chi connectivity index (χ1n) is 7.77. The van der Waals surface area contributed by atoms with Gasteiger partial charge in [-0.2, -0.15) is 0 Å². The van der Waals surface area contributed by atoms with Crippen molar-refractivity contribution >= 4 is 6.09 Å². The standard InChI is InChI=1S/C17H26N2O3/c1-17(2,3)22-16(20)19-10-9-18-15(11-19)13-21-12-14-7-5-4-6-8-14/h4-8,15,18H,9-13H2,1-3H3/t15-/m1/s1. The number of amides is 1. The Morgan fingerprint density at radius 1 is 1.32 bits per heavy atom. The highest BCUT2D eigenvalue weighted by Crippen LogP contribution is 2.11. The summed E-state index contributed by atoms with van der Waals surface area (Å²) in [5.74, 6) is 0. The number of carbonyl (C=O) groups excluding carboxylic acids is 1. The van der Waals surface area contributed by atoms with E-state index in [9.17, 15) is 4.79 Å². The second kappa shape index (κ2) is 7.61. The van der Waals surface area contributed by atoms with Crippen molar-refractivity contribution in [3.63, 3.8) is 0 Å². The summed E-state index contributed by atoms with van der Waals surface area (Å²) >= 11 is 0. The van der Waals surface area contributed by atoms with Gasteiger partial charge in [0.25, 0.3) is 0 Å². The van der Waals surface area contributed by atoms with E-state index in [0.717, 1.165) is 12.1 Å². The SMILES string of the molecule is CC(C)(C)OC(=O)N1CCN[C@@H](COCc2ccccc2)C1. The Hall–Kier alpha value is -1.59. The molecule has 1 atom stereocenters. The molecule has 0 unspecified atom stereocenters. The second-order valence-electron chi connectivity index (χ2n) is 6.58. The molecule has 1 aromatic rings. The van der Waals surface area contributed by atoms with Gasteiger partial charge in [0.1, 0.15) is 5.60 Å². The highest BCUT2D eigenvalue weighted by atomic mass is 16.6. The van der Waals surface area contributed by atoms with Gasteiger partial charge in [0.05, 0.1) is 13.2 Å². The lowest BCUT2D eigenvalue weighted by Crippen LogP contribution is -2.55. The minimum Gasteiger partial charge on any atom is -0.444 e. The minimum absolute atomic E-state index is 0.144. The van der Waals surface area contributed by atoms with E-state index in [1.165, 1.54) is 0 Å². The number of hydrogen-bond donors (Lipinski definition) is 1. The van der Waals surface area contributed by atoms with Crippen LogP contribution < -0.4 is 5.32 Å². The Labute approximate surface area is 132 Å². The molecule has 122 valence electrons. The molecular weight excluding hydrogens is 280 g/mol. The molecule has 0 spiro atoms. The largest absolute Gasteiger partial charge is 0.444 e. The van der Waals surface area contributed by atoms with Gasteiger partial charge in [0.2, 0.25) is 0 Å². The number of nitrogens with zero attached hydrogens (tertiary/aromatic N) is 1. The summed E-state index contributed by atoms with van der Waals surface area (Å²) in [4.78, 5) is 13.8. The number of hydrogen-bond acceptors (Lipinski definition) is 4. The van der Waals surface area contributed by atoms with Crippen molar-refractivity contribution in [2.24, 2.45) is 0 Å². The maximum atomic E-state index is 12.1. The van der Waals surface area contributed by atoms with E-state index in [4.69, 9.17) is 9.47 Å². The van der Waals surface area contributed by atoms with Crippen LogP contribution in [0.5, 0.6) is 0 Å². The van der Waals surface area contributed by atoms with E-state index < -0.39 is 5.60 Å². The van der Waals surface area contributed by atoms with Gasteiger partial charge in [0, 0.05) is 25.7 Å². The van der Waals surface area contributed by atoms with Gasteiger partial charge in [-0.25, -0.2) is 4.79 Å². The topological polar surface area (TPSA) is 50.8 Å². The third-order valence-electron chi connectivity index (χ3n) is 3.34. The molecule has 22 heavy (non-hydrogen) atoms. The summed E-state index contributed by atoms with van der Waals surface area (Å²) in [6.45, 7) is 8.86. The number of carbonyl (C=O) groups is 1. The minimum atomic E-state index is -0.457. The van der Waals surface area contributed by atoms with Crippen LogP contribution in [0.15, 0.2) is 30.3 Å². The van der Waals surface area contributed by atoms with Crippen LogP contribution in [-0.4, -0.2) is 48.9 Å². The lowest BCUT2D eigenvalue weighted by molar-refractivity contribution is 0.0127. The summed E-state index contributed by atoms with van der Waals surface area (Å²) in [5.41, 5.74) is 0.698. The zero-order valence-electron chi connectivity index (χ0n) is 13.7. The van der Waals surface area contributed by atoms with Crippen LogP contribution in [0.3, 0.4) is 0 Å². The van der Waals surface area contributed by atoms with E-state index in [1.807, 2.05) is 51.1 Å². The zero-order chi connectivity index (χ0) is 16.0. The molecule has 5 nitrogen and oxygen atoms in total. The fourth-order valence-corrected chi connectivity index (χ4v) is 2.32. The van der Waals surface area contributed by atoms with Gasteiger partial charge in [-0.1, -0.05) is 30.3 Å². The summed E-state index contributed by atoms with van der Waals surface area (Å²) in [5, 5.41) is 3.38.